The number of phosphoric ester groups is 1. The number of nitrogens with two attached hydrogens (primary N) is 1. The first-order valence-corrected chi connectivity index (χ1v) is 34.7. The van der Waals surface area contributed by atoms with Crippen molar-refractivity contribution in [3.63, 3.8) is 0 Å². The Kier molecular flexibility index (Phi) is 60.9. The average Bonchev–Trinajstić information content (AvgIpc) is 3.40. The third-order valence-electron chi connectivity index (χ3n) is 15.2. The number of carbonyl (C=O) groups excluding carboxylic acids is 2. The van der Waals surface area contributed by atoms with E-state index in [4.69, 9.17) is 24.3 Å². The smallest absolute Gasteiger partial charge is 0.462 e. The molecule has 0 aromatic heterocycles. The fourth-order valence-electron chi connectivity index (χ4n) is 10.2. The highest BCUT2D eigenvalue weighted by atomic mass is 31.2. The highest BCUT2D eigenvalue weighted by Gasteiger charge is 2.26. The predicted molar refractivity (Wildman–Crippen MR) is 321 cm³/mol. The van der Waals surface area contributed by atoms with Crippen LogP contribution in [0.1, 0.15) is 361 Å². The molecule has 3 N–H and O–H groups in total. The third kappa shape index (κ3) is 61.8. The second-order valence-corrected chi connectivity index (χ2v) is 24.2. The first kappa shape index (κ1) is 73.8. The lowest BCUT2D eigenvalue weighted by molar-refractivity contribution is -0.161. The molecule has 0 fully saturated rings. The van der Waals surface area contributed by atoms with E-state index in [9.17, 15) is 19.0 Å². The maximum absolute atomic E-state index is 12.7. The number of hydrogen-bond donors (Lipinski definition) is 2. The van der Waals surface area contributed by atoms with Gasteiger partial charge in [-0.05, 0) is 38.5 Å². The largest absolute Gasteiger partial charge is 0.472 e. The van der Waals surface area contributed by atoms with Crippen LogP contribution in [0.4, 0.5) is 0 Å². The number of esters is 2. The maximum Gasteiger partial charge on any atom is 0.472 e. The van der Waals surface area contributed by atoms with Crippen LogP contribution in [0.15, 0.2) is 12.2 Å². The summed E-state index contributed by atoms with van der Waals surface area (Å²) in [7, 11) is -4.38. The summed E-state index contributed by atoms with van der Waals surface area (Å²) in [5.74, 6) is -0.801. The van der Waals surface area contributed by atoms with Gasteiger partial charge in [-0.15, -0.1) is 0 Å². The third-order valence-corrected chi connectivity index (χ3v) is 16.1. The molecule has 0 aliphatic rings. The maximum atomic E-state index is 12.7. The van der Waals surface area contributed by atoms with Crippen LogP contribution < -0.4 is 5.73 Å². The van der Waals surface area contributed by atoms with Crippen molar-refractivity contribution in [3.05, 3.63) is 12.2 Å². The molecule has 2 unspecified atom stereocenters. The van der Waals surface area contributed by atoms with E-state index in [-0.39, 0.29) is 38.6 Å². The van der Waals surface area contributed by atoms with Gasteiger partial charge in [-0.3, -0.25) is 18.6 Å². The summed E-state index contributed by atoms with van der Waals surface area (Å²) in [5.41, 5.74) is 5.39. The molecule has 0 aliphatic carbocycles. The molecule has 75 heavy (non-hydrogen) atoms. The molecule has 0 spiro atoms. The van der Waals surface area contributed by atoms with Gasteiger partial charge < -0.3 is 20.1 Å². The Bertz CT molecular complexity index is 1230. The second kappa shape index (κ2) is 62.0. The van der Waals surface area contributed by atoms with Gasteiger partial charge in [0, 0.05) is 19.4 Å². The lowest BCUT2D eigenvalue weighted by atomic mass is 10.0. The molecule has 0 bridgehead atoms. The minimum Gasteiger partial charge on any atom is -0.462 e. The van der Waals surface area contributed by atoms with E-state index in [1.807, 2.05) is 0 Å². The Morgan fingerprint density at radius 1 is 0.387 bits per heavy atom. The van der Waals surface area contributed by atoms with Crippen LogP contribution >= 0.6 is 7.82 Å². The molecule has 0 aromatic rings. The SMILES string of the molecule is CCCCCCCCCC/C=C\CCCCCCCCCCCCCCCCCCCCCCCC(=O)OC(COC(=O)CCCCCCCCCCCCCCCCCCCCCCC)COP(=O)(O)OCCN. The van der Waals surface area contributed by atoms with Crippen molar-refractivity contribution in [3.8, 4) is 0 Å². The number of carbonyl (C=O) groups is 2. The van der Waals surface area contributed by atoms with Gasteiger partial charge in [0.1, 0.15) is 6.61 Å². The Balaban J connectivity index is 3.81. The van der Waals surface area contributed by atoms with E-state index in [1.165, 1.54) is 295 Å². The molecule has 9 nitrogen and oxygen atoms in total. The van der Waals surface area contributed by atoms with Crippen LogP contribution in [0, 0.1) is 0 Å². The van der Waals surface area contributed by atoms with E-state index >= 15 is 0 Å². The Hall–Kier alpha value is -1.25. The van der Waals surface area contributed by atoms with Crippen LogP contribution in [-0.4, -0.2) is 49.3 Å². The van der Waals surface area contributed by atoms with Crippen molar-refractivity contribution < 1.29 is 37.6 Å². The predicted octanol–water partition coefficient (Wildman–Crippen LogP) is 21.2. The second-order valence-electron chi connectivity index (χ2n) is 22.7. The molecule has 0 aliphatic heterocycles. The standard InChI is InChI=1S/C65H128NO8P/c1-3-5-7-9-11-13-15-17-19-21-23-25-26-27-28-29-30-31-32-33-34-35-36-38-40-42-44-46-48-50-52-54-56-58-65(68)74-63(62-73-75(69,70)72-60-59-66)61-71-64(67)57-55-53-51-49-47-45-43-41-39-37-24-22-20-18-16-14-12-10-8-6-4-2/h21,23,63H,3-20,22,24-62,66H2,1-2H3,(H,69,70)/b23-21-. The Morgan fingerprint density at radius 3 is 0.947 bits per heavy atom. The van der Waals surface area contributed by atoms with Gasteiger partial charge in [0.25, 0.3) is 0 Å². The van der Waals surface area contributed by atoms with Crippen molar-refractivity contribution >= 4 is 19.8 Å². The Labute approximate surface area is 466 Å². The van der Waals surface area contributed by atoms with E-state index in [0.717, 1.165) is 32.1 Å². The summed E-state index contributed by atoms with van der Waals surface area (Å²) in [4.78, 5) is 35.3. The van der Waals surface area contributed by atoms with E-state index < -0.39 is 26.5 Å². The van der Waals surface area contributed by atoms with Crippen LogP contribution in [-0.2, 0) is 32.7 Å². The fourth-order valence-corrected chi connectivity index (χ4v) is 11.0. The number of rotatable bonds is 64. The Morgan fingerprint density at radius 2 is 0.653 bits per heavy atom. The highest BCUT2D eigenvalue weighted by molar-refractivity contribution is 7.47. The van der Waals surface area contributed by atoms with Crippen LogP contribution in [0.3, 0.4) is 0 Å². The number of unbranched alkanes of at least 4 members (excludes halogenated alkanes) is 49. The van der Waals surface area contributed by atoms with Gasteiger partial charge in [0.05, 0.1) is 13.2 Å². The highest BCUT2D eigenvalue weighted by Crippen LogP contribution is 2.43. The molecule has 0 amide bonds. The minimum absolute atomic E-state index is 0.0579. The van der Waals surface area contributed by atoms with Gasteiger partial charge in [-0.1, -0.05) is 321 Å². The van der Waals surface area contributed by atoms with Crippen LogP contribution in [0.2, 0.25) is 0 Å². The summed E-state index contributed by atoms with van der Waals surface area (Å²) in [6.07, 6.45) is 73.0. The topological polar surface area (TPSA) is 134 Å². The summed E-state index contributed by atoms with van der Waals surface area (Å²) in [5, 5.41) is 0. The lowest BCUT2D eigenvalue weighted by Crippen LogP contribution is -2.29. The molecule has 0 radical (unpaired) electrons. The van der Waals surface area contributed by atoms with E-state index in [1.54, 1.807) is 0 Å². The van der Waals surface area contributed by atoms with E-state index in [0.29, 0.717) is 6.42 Å². The summed E-state index contributed by atoms with van der Waals surface area (Å²) < 4.78 is 33.1. The molecule has 10 heteroatoms. The van der Waals surface area contributed by atoms with Gasteiger partial charge in [0.2, 0.25) is 0 Å². The number of phosphoric acid groups is 1. The molecule has 0 saturated carbocycles. The molecular formula is C65H128NO8P. The average molecular weight is 1080 g/mol. The van der Waals surface area contributed by atoms with E-state index in [2.05, 4.69) is 26.0 Å². The summed E-state index contributed by atoms with van der Waals surface area (Å²) >= 11 is 0. The zero-order valence-corrected chi connectivity index (χ0v) is 51.0. The number of hydrogen-bond acceptors (Lipinski definition) is 8. The van der Waals surface area contributed by atoms with Crippen LogP contribution in [0.5, 0.6) is 0 Å². The molecule has 0 rings (SSSR count). The van der Waals surface area contributed by atoms with Gasteiger partial charge in [-0.25, -0.2) is 4.57 Å². The van der Waals surface area contributed by atoms with Gasteiger partial charge >= 0.3 is 19.8 Å². The van der Waals surface area contributed by atoms with Crippen molar-refractivity contribution in [2.75, 3.05) is 26.4 Å². The molecule has 0 aromatic carbocycles. The quantitative estimate of drug-likeness (QED) is 0.0264. The van der Waals surface area contributed by atoms with Crippen molar-refractivity contribution in [1.82, 2.24) is 0 Å². The normalized spacial score (nSPS) is 13.0. The minimum atomic E-state index is -4.38. The molecular weight excluding hydrogens is 954 g/mol. The van der Waals surface area contributed by atoms with Gasteiger partial charge in [-0.2, -0.15) is 0 Å². The van der Waals surface area contributed by atoms with Crippen molar-refractivity contribution in [1.29, 1.82) is 0 Å². The van der Waals surface area contributed by atoms with Gasteiger partial charge in [0.15, 0.2) is 6.10 Å². The molecule has 0 saturated heterocycles. The monoisotopic (exact) mass is 1080 g/mol. The summed E-state index contributed by atoms with van der Waals surface area (Å²) in [6, 6.07) is 0. The fraction of sp³-hybridized carbons (Fsp3) is 0.938. The van der Waals surface area contributed by atoms with Crippen molar-refractivity contribution in [2.45, 2.75) is 367 Å². The summed E-state index contributed by atoms with van der Waals surface area (Å²) in [6.45, 7) is 3.83. The zero-order chi connectivity index (χ0) is 54.5. The zero-order valence-electron chi connectivity index (χ0n) is 50.1. The first-order valence-electron chi connectivity index (χ1n) is 33.2. The molecule has 446 valence electrons. The first-order chi connectivity index (χ1) is 36.8. The number of allylic oxidation sites excluding steroid dienone is 2. The van der Waals surface area contributed by atoms with Crippen molar-refractivity contribution in [2.24, 2.45) is 5.73 Å². The molecule has 2 atom stereocenters. The number of ether oxygens (including phenoxy) is 2. The molecule has 0 heterocycles. The van der Waals surface area contributed by atoms with Crippen LogP contribution in [0.25, 0.3) is 0 Å². The lowest BCUT2D eigenvalue weighted by Gasteiger charge is -2.19.